The summed E-state index contributed by atoms with van der Waals surface area (Å²) in [6.45, 7) is 3.97. The number of benzene rings is 2. The number of aryl methyl sites for hydroxylation is 1. The van der Waals surface area contributed by atoms with Crippen LogP contribution in [0.3, 0.4) is 0 Å². The van der Waals surface area contributed by atoms with E-state index in [9.17, 15) is 14.7 Å². The van der Waals surface area contributed by atoms with Crippen molar-refractivity contribution in [2.75, 3.05) is 18.1 Å². The summed E-state index contributed by atoms with van der Waals surface area (Å²) >= 11 is 12.6. The van der Waals surface area contributed by atoms with Gasteiger partial charge < -0.3 is 14.7 Å². The number of fused-ring (bicyclic) bond motifs is 1. The number of Topliss-reactive ketones (excluding diaryl/α,β-unsaturated/α-hetero) is 1. The molecule has 1 aliphatic rings. The molecule has 0 saturated heterocycles. The lowest BCUT2D eigenvalue weighted by Gasteiger charge is -2.22. The Balaban J connectivity index is 1.78. The summed E-state index contributed by atoms with van der Waals surface area (Å²) in [5.74, 6) is -0.168. The minimum Gasteiger partial charge on any atom is -0.494 e. The molecule has 1 unspecified atom stereocenters. The van der Waals surface area contributed by atoms with Crippen molar-refractivity contribution in [2.45, 2.75) is 32.3 Å². The van der Waals surface area contributed by atoms with Gasteiger partial charge in [0.2, 0.25) is 0 Å². The zero-order valence-electron chi connectivity index (χ0n) is 15.7. The van der Waals surface area contributed by atoms with E-state index in [-0.39, 0.29) is 29.3 Å². The Morgan fingerprint density at radius 2 is 1.79 bits per heavy atom. The van der Waals surface area contributed by atoms with Gasteiger partial charge in [0.1, 0.15) is 11.5 Å². The van der Waals surface area contributed by atoms with E-state index in [1.165, 1.54) is 17.9 Å². The van der Waals surface area contributed by atoms with E-state index in [0.29, 0.717) is 23.7 Å². The van der Waals surface area contributed by atoms with E-state index in [2.05, 4.69) is 0 Å². The van der Waals surface area contributed by atoms with Crippen LogP contribution in [0.15, 0.2) is 36.4 Å². The molecule has 7 heteroatoms. The van der Waals surface area contributed by atoms with Crippen molar-refractivity contribution in [1.82, 2.24) is 0 Å². The van der Waals surface area contributed by atoms with Crippen molar-refractivity contribution in [3.05, 3.63) is 57.6 Å². The molecule has 1 N–H and O–H groups in total. The number of ether oxygens (including phenoxy) is 1. The minimum absolute atomic E-state index is 0.196. The van der Waals surface area contributed by atoms with Gasteiger partial charge in [0.15, 0.2) is 5.60 Å². The molecule has 2 aromatic rings. The Labute approximate surface area is 173 Å². The predicted octanol–water partition coefficient (Wildman–Crippen LogP) is 4.28. The fourth-order valence-electron chi connectivity index (χ4n) is 3.41. The van der Waals surface area contributed by atoms with Gasteiger partial charge in [-0.15, -0.1) is 0 Å². The number of anilines is 1. The summed E-state index contributed by atoms with van der Waals surface area (Å²) in [7, 11) is 0. The molecule has 0 aromatic heterocycles. The van der Waals surface area contributed by atoms with Gasteiger partial charge in [-0.3, -0.25) is 9.59 Å². The zero-order chi connectivity index (χ0) is 20.5. The molecule has 1 aliphatic heterocycles. The van der Waals surface area contributed by atoms with Crippen molar-refractivity contribution < 1.29 is 19.4 Å². The third-order valence-electron chi connectivity index (χ3n) is 4.68. The molecule has 148 valence electrons. The molecule has 0 radical (unpaired) electrons. The average molecular weight is 422 g/mol. The molecule has 28 heavy (non-hydrogen) atoms. The van der Waals surface area contributed by atoms with Crippen LogP contribution in [0, 0.1) is 6.92 Å². The van der Waals surface area contributed by atoms with E-state index >= 15 is 0 Å². The molecule has 5 nitrogen and oxygen atoms in total. The van der Waals surface area contributed by atoms with Crippen LogP contribution < -0.4 is 9.64 Å². The molecule has 1 atom stereocenters. The van der Waals surface area contributed by atoms with Crippen molar-refractivity contribution in [3.63, 3.8) is 0 Å². The average Bonchev–Trinajstić information content (AvgIpc) is 2.85. The number of hydrogen-bond donors (Lipinski definition) is 1. The lowest BCUT2D eigenvalue weighted by Crippen LogP contribution is -2.42. The van der Waals surface area contributed by atoms with Crippen LogP contribution >= 0.6 is 23.2 Å². The summed E-state index contributed by atoms with van der Waals surface area (Å²) in [4.78, 5) is 26.1. The van der Waals surface area contributed by atoms with Gasteiger partial charge in [-0.25, -0.2) is 0 Å². The van der Waals surface area contributed by atoms with Gasteiger partial charge in [-0.05, 0) is 44.5 Å². The third kappa shape index (κ3) is 3.88. The molecule has 1 amide bonds. The summed E-state index contributed by atoms with van der Waals surface area (Å²) < 4.78 is 5.70. The Kier molecular flexibility index (Phi) is 5.98. The molecule has 2 aromatic carbocycles. The number of ketones is 1. The second-order valence-electron chi connectivity index (χ2n) is 6.96. The molecular weight excluding hydrogens is 401 g/mol. The SMILES string of the molecule is CC(=O)CC1(O)C(=O)N(CCCOc2ccc(C)cc2)c2c(Cl)ccc(Cl)c21. The van der Waals surface area contributed by atoms with Gasteiger partial charge in [0.05, 0.1) is 17.3 Å². The number of halogens is 2. The Morgan fingerprint density at radius 3 is 2.43 bits per heavy atom. The van der Waals surface area contributed by atoms with Crippen LogP contribution in [0.2, 0.25) is 10.0 Å². The standard InChI is InChI=1S/C21H21Cl2NO4/c1-13-4-6-15(7-5-13)28-11-3-10-24-19-17(23)9-8-16(22)18(19)21(27,20(24)26)12-14(2)25/h4-9,27H,3,10-12H2,1-2H3. The van der Waals surface area contributed by atoms with E-state index in [0.717, 1.165) is 11.3 Å². The number of carbonyl (C=O) groups excluding carboxylic acids is 2. The number of carbonyl (C=O) groups is 2. The smallest absolute Gasteiger partial charge is 0.264 e. The van der Waals surface area contributed by atoms with Gasteiger partial charge in [-0.2, -0.15) is 0 Å². The summed E-state index contributed by atoms with van der Waals surface area (Å²) in [6.07, 6.45) is 0.160. The first-order valence-corrected chi connectivity index (χ1v) is 9.71. The van der Waals surface area contributed by atoms with Crippen molar-refractivity contribution in [3.8, 4) is 5.75 Å². The van der Waals surface area contributed by atoms with Gasteiger partial charge in [0, 0.05) is 23.6 Å². The predicted molar refractivity (Wildman–Crippen MR) is 109 cm³/mol. The Morgan fingerprint density at radius 1 is 1.14 bits per heavy atom. The highest BCUT2D eigenvalue weighted by Crippen LogP contribution is 2.49. The van der Waals surface area contributed by atoms with Gasteiger partial charge >= 0.3 is 0 Å². The molecule has 0 saturated carbocycles. The van der Waals surface area contributed by atoms with E-state index < -0.39 is 11.5 Å². The summed E-state index contributed by atoms with van der Waals surface area (Å²) in [5.41, 5.74) is -0.302. The maximum atomic E-state index is 13.0. The minimum atomic E-state index is -2.00. The van der Waals surface area contributed by atoms with Crippen LogP contribution in [0.4, 0.5) is 5.69 Å². The maximum absolute atomic E-state index is 13.0. The molecule has 0 spiro atoms. The molecule has 1 heterocycles. The van der Waals surface area contributed by atoms with Gasteiger partial charge in [0.25, 0.3) is 5.91 Å². The zero-order valence-corrected chi connectivity index (χ0v) is 17.2. The number of rotatable bonds is 7. The quantitative estimate of drug-likeness (QED) is 0.677. The fraction of sp³-hybridized carbons (Fsp3) is 0.333. The maximum Gasteiger partial charge on any atom is 0.264 e. The van der Waals surface area contributed by atoms with E-state index in [1.54, 1.807) is 6.07 Å². The van der Waals surface area contributed by atoms with Crippen LogP contribution in [-0.4, -0.2) is 29.9 Å². The topological polar surface area (TPSA) is 66.8 Å². The second-order valence-corrected chi connectivity index (χ2v) is 7.78. The van der Waals surface area contributed by atoms with Gasteiger partial charge in [-0.1, -0.05) is 40.9 Å². The summed E-state index contributed by atoms with van der Waals surface area (Å²) in [6, 6.07) is 10.8. The molecule has 3 rings (SSSR count). The fourth-order valence-corrected chi connectivity index (χ4v) is 3.98. The molecule has 0 aliphatic carbocycles. The lowest BCUT2D eigenvalue weighted by molar-refractivity contribution is -0.141. The third-order valence-corrected chi connectivity index (χ3v) is 5.30. The Hall–Kier alpha value is -2.08. The number of hydrogen-bond acceptors (Lipinski definition) is 4. The van der Waals surface area contributed by atoms with Crippen molar-refractivity contribution >= 4 is 40.6 Å². The largest absolute Gasteiger partial charge is 0.494 e. The first-order valence-electron chi connectivity index (χ1n) is 8.96. The van der Waals surface area contributed by atoms with Crippen LogP contribution in [0.25, 0.3) is 0 Å². The molecule has 0 bridgehead atoms. The first-order chi connectivity index (χ1) is 13.2. The number of aliphatic hydroxyl groups is 1. The highest BCUT2D eigenvalue weighted by Gasteiger charge is 2.52. The monoisotopic (exact) mass is 421 g/mol. The normalized spacial score (nSPS) is 18.3. The van der Waals surface area contributed by atoms with Crippen molar-refractivity contribution in [1.29, 1.82) is 0 Å². The van der Waals surface area contributed by atoms with Crippen LogP contribution in [0.1, 0.15) is 30.9 Å². The first kappa shape index (κ1) is 20.6. The van der Waals surface area contributed by atoms with Crippen molar-refractivity contribution in [2.24, 2.45) is 0 Å². The number of amides is 1. The lowest BCUT2D eigenvalue weighted by atomic mass is 9.90. The highest BCUT2D eigenvalue weighted by atomic mass is 35.5. The van der Waals surface area contributed by atoms with Crippen LogP contribution in [0.5, 0.6) is 5.75 Å². The molecular formula is C21H21Cl2NO4. The summed E-state index contributed by atoms with van der Waals surface area (Å²) in [5, 5.41) is 11.5. The second kappa shape index (κ2) is 8.11. The number of nitrogens with zero attached hydrogens (tertiary/aromatic N) is 1. The highest BCUT2D eigenvalue weighted by molar-refractivity contribution is 6.38. The molecule has 0 fully saturated rings. The van der Waals surface area contributed by atoms with Crippen LogP contribution in [-0.2, 0) is 15.2 Å². The van der Waals surface area contributed by atoms with E-state index in [1.807, 2.05) is 31.2 Å². The Bertz CT molecular complexity index is 913. The van der Waals surface area contributed by atoms with E-state index in [4.69, 9.17) is 27.9 Å².